The number of nitrogens with zero attached hydrogens (tertiary/aromatic N) is 2. The number of anilines is 2. The zero-order chi connectivity index (χ0) is 14.2. The van der Waals surface area contributed by atoms with Gasteiger partial charge in [0.1, 0.15) is 5.69 Å². The minimum absolute atomic E-state index is 0.163. The average molecular weight is 266 g/mol. The monoisotopic (exact) mass is 266 g/mol. The van der Waals surface area contributed by atoms with Crippen molar-refractivity contribution in [2.24, 2.45) is 5.18 Å². The van der Waals surface area contributed by atoms with E-state index in [2.05, 4.69) is 42.1 Å². The first-order chi connectivity index (χ1) is 9.63. The van der Waals surface area contributed by atoms with E-state index in [4.69, 9.17) is 0 Å². The molecule has 3 heteroatoms. The quantitative estimate of drug-likeness (QED) is 0.724. The zero-order valence-corrected chi connectivity index (χ0v) is 11.8. The van der Waals surface area contributed by atoms with Crippen LogP contribution >= 0.6 is 0 Å². The molecule has 0 spiro atoms. The molecule has 0 aliphatic carbocycles. The summed E-state index contributed by atoms with van der Waals surface area (Å²) in [6.07, 6.45) is 1.05. The highest BCUT2D eigenvalue weighted by molar-refractivity contribution is 5.77. The summed E-state index contributed by atoms with van der Waals surface area (Å²) in [6.45, 7) is 5.44. The normalized spacial score (nSPS) is 16.6. The largest absolute Gasteiger partial charge is 0.339 e. The molecule has 102 valence electrons. The summed E-state index contributed by atoms with van der Waals surface area (Å²) in [7, 11) is 0. The SMILES string of the molecule is CC1(C)CCN(c2ccccc2N=O)c2ccccc21. The van der Waals surface area contributed by atoms with Crippen molar-refractivity contribution in [3.8, 4) is 0 Å². The fourth-order valence-corrected chi connectivity index (χ4v) is 2.95. The lowest BCUT2D eigenvalue weighted by atomic mass is 9.77. The predicted molar refractivity (Wildman–Crippen MR) is 83.0 cm³/mol. The molecule has 20 heavy (non-hydrogen) atoms. The van der Waals surface area contributed by atoms with Crippen molar-refractivity contribution in [1.29, 1.82) is 0 Å². The summed E-state index contributed by atoms with van der Waals surface area (Å²) in [5, 5.41) is 3.16. The maximum absolute atomic E-state index is 11.0. The Hall–Kier alpha value is -2.16. The molecule has 0 aromatic heterocycles. The molecule has 0 amide bonds. The van der Waals surface area contributed by atoms with Gasteiger partial charge >= 0.3 is 0 Å². The predicted octanol–water partition coefficient (Wildman–Crippen LogP) is 4.90. The number of fused-ring (bicyclic) bond motifs is 1. The fraction of sp³-hybridized carbons (Fsp3) is 0.294. The summed E-state index contributed by atoms with van der Waals surface area (Å²) in [4.78, 5) is 13.2. The second kappa shape index (κ2) is 4.75. The van der Waals surface area contributed by atoms with Gasteiger partial charge in [-0.3, -0.25) is 0 Å². The minimum Gasteiger partial charge on any atom is -0.339 e. The summed E-state index contributed by atoms with van der Waals surface area (Å²) < 4.78 is 0. The molecule has 0 saturated heterocycles. The van der Waals surface area contributed by atoms with Gasteiger partial charge in [-0.15, -0.1) is 4.91 Å². The van der Waals surface area contributed by atoms with E-state index in [9.17, 15) is 4.91 Å². The van der Waals surface area contributed by atoms with Gasteiger partial charge in [-0.05, 0) is 40.8 Å². The molecular weight excluding hydrogens is 248 g/mol. The molecule has 0 radical (unpaired) electrons. The van der Waals surface area contributed by atoms with Gasteiger partial charge in [0.05, 0.1) is 5.69 Å². The lowest BCUT2D eigenvalue weighted by Crippen LogP contribution is -2.34. The third kappa shape index (κ3) is 1.99. The molecule has 0 N–H and O–H groups in total. The van der Waals surface area contributed by atoms with Crippen LogP contribution in [0.25, 0.3) is 0 Å². The van der Waals surface area contributed by atoms with Gasteiger partial charge < -0.3 is 4.90 Å². The Morgan fingerprint density at radius 1 is 1.00 bits per heavy atom. The molecule has 0 fully saturated rings. The molecule has 1 heterocycles. The standard InChI is InChI=1S/C17H18N2O/c1-17(2)11-12-19(15-9-5-3-7-13(15)17)16-10-6-4-8-14(16)18-20/h3-10H,11-12H2,1-2H3. The van der Waals surface area contributed by atoms with Crippen LogP contribution in [0.15, 0.2) is 53.7 Å². The van der Waals surface area contributed by atoms with Crippen molar-refractivity contribution in [2.45, 2.75) is 25.7 Å². The third-order valence-electron chi connectivity index (χ3n) is 4.16. The number of benzene rings is 2. The van der Waals surface area contributed by atoms with E-state index in [0.717, 1.165) is 18.7 Å². The molecule has 1 aliphatic heterocycles. The minimum atomic E-state index is 0.163. The number of nitroso groups, excluding NO2 is 1. The van der Waals surface area contributed by atoms with Gasteiger partial charge in [-0.25, -0.2) is 0 Å². The topological polar surface area (TPSA) is 32.7 Å². The molecule has 0 saturated carbocycles. The van der Waals surface area contributed by atoms with Gasteiger partial charge in [-0.2, -0.15) is 0 Å². The molecule has 2 aromatic carbocycles. The van der Waals surface area contributed by atoms with Crippen molar-refractivity contribution in [3.05, 3.63) is 59.0 Å². The van der Waals surface area contributed by atoms with Crippen molar-refractivity contribution < 1.29 is 0 Å². The van der Waals surface area contributed by atoms with Crippen LogP contribution in [-0.2, 0) is 5.41 Å². The lowest BCUT2D eigenvalue weighted by molar-refractivity contribution is 0.467. The Kier molecular flexibility index (Phi) is 3.05. The van der Waals surface area contributed by atoms with Crippen molar-refractivity contribution in [3.63, 3.8) is 0 Å². The van der Waals surface area contributed by atoms with Crippen LogP contribution in [0.2, 0.25) is 0 Å². The molecule has 0 unspecified atom stereocenters. The van der Waals surface area contributed by atoms with E-state index in [0.29, 0.717) is 5.69 Å². The van der Waals surface area contributed by atoms with Gasteiger partial charge in [-0.1, -0.05) is 44.2 Å². The number of hydrogen-bond donors (Lipinski definition) is 0. The Morgan fingerprint density at radius 3 is 2.40 bits per heavy atom. The maximum atomic E-state index is 11.0. The fourth-order valence-electron chi connectivity index (χ4n) is 2.95. The lowest BCUT2D eigenvalue weighted by Gasteiger charge is -2.40. The third-order valence-corrected chi connectivity index (χ3v) is 4.16. The second-order valence-corrected chi connectivity index (χ2v) is 5.88. The molecule has 1 aliphatic rings. The molecule has 3 rings (SSSR count). The van der Waals surface area contributed by atoms with Crippen LogP contribution in [0.4, 0.5) is 17.1 Å². The van der Waals surface area contributed by atoms with Crippen LogP contribution in [-0.4, -0.2) is 6.54 Å². The van der Waals surface area contributed by atoms with E-state index < -0.39 is 0 Å². The van der Waals surface area contributed by atoms with Crippen LogP contribution < -0.4 is 4.90 Å². The van der Waals surface area contributed by atoms with Gasteiger partial charge in [0.25, 0.3) is 0 Å². The molecular formula is C17H18N2O. The van der Waals surface area contributed by atoms with E-state index in [1.165, 1.54) is 11.3 Å². The summed E-state index contributed by atoms with van der Waals surface area (Å²) in [6, 6.07) is 16.0. The van der Waals surface area contributed by atoms with Gasteiger partial charge in [0, 0.05) is 12.2 Å². The van der Waals surface area contributed by atoms with E-state index in [-0.39, 0.29) is 5.41 Å². The summed E-state index contributed by atoms with van der Waals surface area (Å²) in [5.74, 6) is 0. The molecule has 0 atom stereocenters. The Morgan fingerprint density at radius 2 is 1.65 bits per heavy atom. The molecule has 2 aromatic rings. The smallest absolute Gasteiger partial charge is 0.131 e. The summed E-state index contributed by atoms with van der Waals surface area (Å²) in [5.41, 5.74) is 4.07. The van der Waals surface area contributed by atoms with Crippen LogP contribution in [0, 0.1) is 4.91 Å². The van der Waals surface area contributed by atoms with Gasteiger partial charge in [0.15, 0.2) is 0 Å². The van der Waals surface area contributed by atoms with E-state index in [1.807, 2.05) is 24.3 Å². The summed E-state index contributed by atoms with van der Waals surface area (Å²) >= 11 is 0. The van der Waals surface area contributed by atoms with Crippen molar-refractivity contribution in [2.75, 3.05) is 11.4 Å². The number of hydrogen-bond acceptors (Lipinski definition) is 3. The highest BCUT2D eigenvalue weighted by Gasteiger charge is 2.32. The molecule has 3 nitrogen and oxygen atoms in total. The first-order valence-corrected chi connectivity index (χ1v) is 6.93. The van der Waals surface area contributed by atoms with Crippen LogP contribution in [0.1, 0.15) is 25.8 Å². The first kappa shape index (κ1) is 12.9. The highest BCUT2D eigenvalue weighted by Crippen LogP contribution is 2.44. The Bertz CT molecular complexity index is 649. The average Bonchev–Trinajstić information content (AvgIpc) is 2.48. The van der Waals surface area contributed by atoms with Crippen LogP contribution in [0.5, 0.6) is 0 Å². The Labute approximate surface area is 119 Å². The highest BCUT2D eigenvalue weighted by atomic mass is 16.3. The number of rotatable bonds is 2. The zero-order valence-electron chi connectivity index (χ0n) is 11.8. The maximum Gasteiger partial charge on any atom is 0.131 e. The number of para-hydroxylation sites is 2. The first-order valence-electron chi connectivity index (χ1n) is 6.93. The Balaban J connectivity index is 2.15. The van der Waals surface area contributed by atoms with Gasteiger partial charge in [0.2, 0.25) is 0 Å². The van der Waals surface area contributed by atoms with Crippen molar-refractivity contribution in [1.82, 2.24) is 0 Å². The second-order valence-electron chi connectivity index (χ2n) is 5.88. The van der Waals surface area contributed by atoms with E-state index >= 15 is 0 Å². The van der Waals surface area contributed by atoms with Crippen molar-refractivity contribution >= 4 is 17.1 Å². The molecule has 0 bridgehead atoms. The van der Waals surface area contributed by atoms with E-state index in [1.54, 1.807) is 6.07 Å². The van der Waals surface area contributed by atoms with Crippen LogP contribution in [0.3, 0.4) is 0 Å².